The second-order valence-corrected chi connectivity index (χ2v) is 4.44. The normalized spacial score (nSPS) is 11.7. The lowest BCUT2D eigenvalue weighted by Gasteiger charge is -2.10. The summed E-state index contributed by atoms with van der Waals surface area (Å²) in [6, 6.07) is 9.68. The molecule has 0 spiro atoms. The molecule has 5 heteroatoms. The summed E-state index contributed by atoms with van der Waals surface area (Å²) in [5.74, 6) is -0.407. The fourth-order valence-corrected chi connectivity index (χ4v) is 1.47. The molecule has 0 aliphatic heterocycles. The van der Waals surface area contributed by atoms with Gasteiger partial charge in [0.1, 0.15) is 0 Å². The van der Waals surface area contributed by atoms with Crippen LogP contribution in [0.5, 0.6) is 0 Å². The quantitative estimate of drug-likeness (QED) is 0.666. The minimum atomic E-state index is -0.215. The van der Waals surface area contributed by atoms with Crippen LogP contribution in [-0.4, -0.2) is 24.9 Å². The topological polar surface area (TPSA) is 84.2 Å². The Bertz CT molecular complexity index is 406. The van der Waals surface area contributed by atoms with Crippen LogP contribution >= 0.6 is 0 Å². The van der Waals surface area contributed by atoms with Gasteiger partial charge in [0.15, 0.2) is 0 Å². The van der Waals surface area contributed by atoms with Gasteiger partial charge in [-0.25, -0.2) is 0 Å². The Labute approximate surface area is 113 Å². The van der Waals surface area contributed by atoms with Crippen molar-refractivity contribution in [3.63, 3.8) is 0 Å². The number of nitrogens with two attached hydrogens (primary N) is 1. The molecule has 1 atom stereocenters. The predicted octanol–water partition coefficient (Wildman–Crippen LogP) is 0.404. The van der Waals surface area contributed by atoms with Gasteiger partial charge in [-0.1, -0.05) is 37.3 Å². The Kier molecular flexibility index (Phi) is 6.60. The van der Waals surface area contributed by atoms with E-state index < -0.39 is 0 Å². The van der Waals surface area contributed by atoms with Gasteiger partial charge in [-0.15, -0.1) is 0 Å². The van der Waals surface area contributed by atoms with Crippen molar-refractivity contribution < 1.29 is 9.59 Å². The standard InChI is InChI=1S/C14H21N3O2/c1-11(9-15)14(19)16-8-7-13(18)17-10-12-5-3-2-4-6-12/h2-6,11H,7-10,15H2,1H3,(H,16,19)(H,17,18). The van der Waals surface area contributed by atoms with Crippen molar-refractivity contribution in [2.75, 3.05) is 13.1 Å². The lowest BCUT2D eigenvalue weighted by molar-refractivity contribution is -0.124. The van der Waals surface area contributed by atoms with Crippen molar-refractivity contribution in [2.24, 2.45) is 11.7 Å². The Hall–Kier alpha value is -1.88. The molecule has 5 nitrogen and oxygen atoms in total. The van der Waals surface area contributed by atoms with Gasteiger partial charge in [0, 0.05) is 32.0 Å². The van der Waals surface area contributed by atoms with E-state index in [-0.39, 0.29) is 24.2 Å². The van der Waals surface area contributed by atoms with Gasteiger partial charge in [-0.2, -0.15) is 0 Å². The molecule has 19 heavy (non-hydrogen) atoms. The number of rotatable bonds is 7. The smallest absolute Gasteiger partial charge is 0.224 e. The molecule has 1 aromatic rings. The molecule has 0 aliphatic rings. The Morgan fingerprint density at radius 1 is 1.21 bits per heavy atom. The van der Waals surface area contributed by atoms with Crippen LogP contribution in [0.25, 0.3) is 0 Å². The van der Waals surface area contributed by atoms with Crippen LogP contribution in [0.4, 0.5) is 0 Å². The Morgan fingerprint density at radius 3 is 2.53 bits per heavy atom. The van der Waals surface area contributed by atoms with Crippen LogP contribution in [0.3, 0.4) is 0 Å². The van der Waals surface area contributed by atoms with Crippen molar-refractivity contribution in [1.82, 2.24) is 10.6 Å². The minimum absolute atomic E-state index is 0.0791. The summed E-state index contributed by atoms with van der Waals surface area (Å²) < 4.78 is 0. The van der Waals surface area contributed by atoms with Crippen molar-refractivity contribution in [1.29, 1.82) is 0 Å². The molecule has 1 unspecified atom stereocenters. The minimum Gasteiger partial charge on any atom is -0.355 e. The molecule has 0 saturated carbocycles. The summed E-state index contributed by atoms with van der Waals surface area (Å²) in [6.45, 7) is 2.91. The molecule has 0 fully saturated rings. The van der Waals surface area contributed by atoms with Crippen LogP contribution in [0, 0.1) is 5.92 Å². The molecule has 0 radical (unpaired) electrons. The van der Waals surface area contributed by atoms with Gasteiger partial charge < -0.3 is 16.4 Å². The van der Waals surface area contributed by atoms with E-state index in [0.717, 1.165) is 5.56 Å². The second kappa shape index (κ2) is 8.26. The lowest BCUT2D eigenvalue weighted by atomic mass is 10.1. The zero-order valence-electron chi connectivity index (χ0n) is 11.2. The first-order valence-electron chi connectivity index (χ1n) is 6.42. The molecule has 0 heterocycles. The van der Waals surface area contributed by atoms with E-state index in [0.29, 0.717) is 19.6 Å². The lowest BCUT2D eigenvalue weighted by Crippen LogP contribution is -2.35. The molecular formula is C14H21N3O2. The van der Waals surface area contributed by atoms with Crippen LogP contribution in [0.2, 0.25) is 0 Å². The molecule has 0 saturated heterocycles. The third kappa shape index (κ3) is 6.01. The molecule has 0 aliphatic carbocycles. The predicted molar refractivity (Wildman–Crippen MR) is 74.1 cm³/mol. The molecule has 1 rings (SSSR count). The first-order chi connectivity index (χ1) is 9.13. The highest BCUT2D eigenvalue weighted by Crippen LogP contribution is 1.97. The molecule has 2 amide bonds. The van der Waals surface area contributed by atoms with Gasteiger partial charge >= 0.3 is 0 Å². The highest BCUT2D eigenvalue weighted by Gasteiger charge is 2.10. The van der Waals surface area contributed by atoms with Crippen LogP contribution in [0.15, 0.2) is 30.3 Å². The van der Waals surface area contributed by atoms with Crippen molar-refractivity contribution in [3.05, 3.63) is 35.9 Å². The number of benzene rings is 1. The van der Waals surface area contributed by atoms with Gasteiger partial charge in [0.05, 0.1) is 0 Å². The van der Waals surface area contributed by atoms with E-state index >= 15 is 0 Å². The number of amides is 2. The van der Waals surface area contributed by atoms with Gasteiger partial charge in [0.25, 0.3) is 0 Å². The SMILES string of the molecule is CC(CN)C(=O)NCCC(=O)NCc1ccccc1. The molecular weight excluding hydrogens is 242 g/mol. The maximum absolute atomic E-state index is 11.6. The number of nitrogens with one attached hydrogen (secondary N) is 2. The maximum atomic E-state index is 11.6. The van der Waals surface area contributed by atoms with Crippen LogP contribution < -0.4 is 16.4 Å². The number of hydrogen-bond donors (Lipinski definition) is 3. The maximum Gasteiger partial charge on any atom is 0.224 e. The second-order valence-electron chi connectivity index (χ2n) is 4.44. The average Bonchev–Trinajstić information content (AvgIpc) is 2.45. The Morgan fingerprint density at radius 2 is 1.89 bits per heavy atom. The van der Waals surface area contributed by atoms with Gasteiger partial charge in [-0.05, 0) is 5.56 Å². The van der Waals surface area contributed by atoms with Gasteiger partial charge in [-0.3, -0.25) is 9.59 Å². The number of carbonyl (C=O) groups excluding carboxylic acids is 2. The first-order valence-corrected chi connectivity index (χ1v) is 6.42. The first kappa shape index (κ1) is 15.2. The van der Waals surface area contributed by atoms with Crippen molar-refractivity contribution >= 4 is 11.8 Å². The van der Waals surface area contributed by atoms with E-state index in [9.17, 15) is 9.59 Å². The van der Waals surface area contributed by atoms with Crippen molar-refractivity contribution in [3.8, 4) is 0 Å². The van der Waals surface area contributed by atoms with Crippen LogP contribution in [-0.2, 0) is 16.1 Å². The fourth-order valence-electron chi connectivity index (χ4n) is 1.47. The third-order valence-electron chi connectivity index (χ3n) is 2.78. The van der Waals surface area contributed by atoms with Crippen LogP contribution in [0.1, 0.15) is 18.9 Å². The largest absolute Gasteiger partial charge is 0.355 e. The summed E-state index contributed by atoms with van der Waals surface area (Å²) >= 11 is 0. The van der Waals surface area contributed by atoms with E-state index in [4.69, 9.17) is 5.73 Å². The molecule has 0 aromatic heterocycles. The van der Waals surface area contributed by atoms with E-state index in [1.165, 1.54) is 0 Å². The van der Waals surface area contributed by atoms with E-state index in [2.05, 4.69) is 10.6 Å². The third-order valence-corrected chi connectivity index (χ3v) is 2.78. The van der Waals surface area contributed by atoms with Crippen molar-refractivity contribution in [2.45, 2.75) is 19.9 Å². The number of hydrogen-bond acceptors (Lipinski definition) is 3. The zero-order chi connectivity index (χ0) is 14.1. The highest BCUT2D eigenvalue weighted by atomic mass is 16.2. The monoisotopic (exact) mass is 263 g/mol. The average molecular weight is 263 g/mol. The zero-order valence-corrected chi connectivity index (χ0v) is 11.2. The summed E-state index contributed by atoms with van der Waals surface area (Å²) in [6.07, 6.45) is 0.274. The molecule has 104 valence electrons. The summed E-state index contributed by atoms with van der Waals surface area (Å²) in [4.78, 5) is 23.0. The fraction of sp³-hybridized carbons (Fsp3) is 0.429. The summed E-state index contributed by atoms with van der Waals surface area (Å²) in [7, 11) is 0. The molecule has 1 aromatic carbocycles. The number of carbonyl (C=O) groups is 2. The molecule has 4 N–H and O–H groups in total. The van der Waals surface area contributed by atoms with Gasteiger partial charge in [0.2, 0.25) is 11.8 Å². The molecule has 0 bridgehead atoms. The highest BCUT2D eigenvalue weighted by molar-refractivity contribution is 5.80. The Balaban J connectivity index is 2.17. The van der Waals surface area contributed by atoms with E-state index in [1.807, 2.05) is 30.3 Å². The summed E-state index contributed by atoms with van der Waals surface area (Å²) in [5, 5.41) is 5.48. The summed E-state index contributed by atoms with van der Waals surface area (Å²) in [5.41, 5.74) is 6.43. The van der Waals surface area contributed by atoms with E-state index in [1.54, 1.807) is 6.92 Å².